The number of benzene rings is 2. The molecule has 0 radical (unpaired) electrons. The second-order valence-electron chi connectivity index (χ2n) is 3.72. The second-order valence-corrected chi connectivity index (χ2v) is 7.26. The zero-order valence-corrected chi connectivity index (χ0v) is 15.7. The van der Waals surface area contributed by atoms with Crippen LogP contribution in [0.25, 0.3) is 0 Å². The monoisotopic (exact) mass is 496 g/mol. The summed E-state index contributed by atoms with van der Waals surface area (Å²) < 4.78 is 9.81. The van der Waals surface area contributed by atoms with Crippen LogP contribution in [0.4, 0.5) is 0 Å². The van der Waals surface area contributed by atoms with Crippen LogP contribution in [-0.2, 0) is 0 Å². The highest BCUT2D eigenvalue weighted by molar-refractivity contribution is 9.11. The number of hydrogen-bond donors (Lipinski definition) is 0. The van der Waals surface area contributed by atoms with Gasteiger partial charge in [0.2, 0.25) is 0 Å². The minimum absolute atomic E-state index is 0.777. The van der Waals surface area contributed by atoms with E-state index in [-0.39, 0.29) is 0 Å². The topological polar surface area (TPSA) is 9.23 Å². The molecule has 2 aromatic rings. The average molecular weight is 500 g/mol. The van der Waals surface area contributed by atoms with E-state index in [1.807, 2.05) is 37.3 Å². The molecule has 0 saturated heterocycles. The number of hydrogen-bond acceptors (Lipinski definition) is 1. The third-order valence-corrected chi connectivity index (χ3v) is 4.89. The molecule has 0 amide bonds. The van der Waals surface area contributed by atoms with E-state index in [0.29, 0.717) is 0 Å². The SMILES string of the molecule is Cc1c(Br)cc(Oc2cc(Br)cc(Br)c2)cc1Br. The molecule has 2 rings (SSSR count). The van der Waals surface area contributed by atoms with E-state index < -0.39 is 0 Å². The van der Waals surface area contributed by atoms with Crippen molar-refractivity contribution in [3.8, 4) is 11.5 Å². The summed E-state index contributed by atoms with van der Waals surface area (Å²) in [5.41, 5.74) is 1.15. The Bertz CT molecular complexity index is 552. The van der Waals surface area contributed by atoms with Crippen LogP contribution < -0.4 is 4.74 Å². The van der Waals surface area contributed by atoms with E-state index in [1.54, 1.807) is 0 Å². The summed E-state index contributed by atoms with van der Waals surface area (Å²) in [7, 11) is 0. The Morgan fingerprint density at radius 3 is 1.67 bits per heavy atom. The van der Waals surface area contributed by atoms with Crippen molar-refractivity contribution in [1.82, 2.24) is 0 Å². The highest BCUT2D eigenvalue weighted by Gasteiger charge is 2.06. The Labute approximate surface area is 139 Å². The summed E-state index contributed by atoms with van der Waals surface area (Å²) in [6, 6.07) is 9.72. The van der Waals surface area contributed by atoms with Crippen molar-refractivity contribution in [2.24, 2.45) is 0 Å². The van der Waals surface area contributed by atoms with Gasteiger partial charge in [0.15, 0.2) is 0 Å². The summed E-state index contributed by atoms with van der Waals surface area (Å²) in [5, 5.41) is 0. The fourth-order valence-corrected chi connectivity index (χ4v) is 3.80. The first-order valence-electron chi connectivity index (χ1n) is 5.05. The van der Waals surface area contributed by atoms with E-state index in [4.69, 9.17) is 4.74 Å². The number of halogens is 4. The highest BCUT2D eigenvalue weighted by Crippen LogP contribution is 2.34. The minimum atomic E-state index is 0.777. The first-order chi connectivity index (χ1) is 8.45. The maximum absolute atomic E-state index is 5.84. The zero-order chi connectivity index (χ0) is 13.3. The van der Waals surface area contributed by atoms with Gasteiger partial charge in [-0.25, -0.2) is 0 Å². The molecule has 2 aromatic carbocycles. The van der Waals surface area contributed by atoms with E-state index in [2.05, 4.69) is 63.7 Å². The van der Waals surface area contributed by atoms with Crippen LogP contribution in [0.3, 0.4) is 0 Å². The molecule has 0 saturated carbocycles. The number of ether oxygens (including phenoxy) is 1. The summed E-state index contributed by atoms with van der Waals surface area (Å²) >= 11 is 13.9. The van der Waals surface area contributed by atoms with Gasteiger partial charge >= 0.3 is 0 Å². The van der Waals surface area contributed by atoms with Gasteiger partial charge in [-0.1, -0.05) is 63.7 Å². The molecule has 0 aromatic heterocycles. The van der Waals surface area contributed by atoms with Crippen molar-refractivity contribution < 1.29 is 4.74 Å². The molecule has 0 bridgehead atoms. The maximum atomic E-state index is 5.84. The Morgan fingerprint density at radius 2 is 1.17 bits per heavy atom. The normalized spacial score (nSPS) is 10.5. The van der Waals surface area contributed by atoms with Gasteiger partial charge in [0.1, 0.15) is 11.5 Å². The fourth-order valence-electron chi connectivity index (χ4n) is 1.40. The molecule has 0 unspecified atom stereocenters. The minimum Gasteiger partial charge on any atom is -0.457 e. The van der Waals surface area contributed by atoms with Gasteiger partial charge in [-0.3, -0.25) is 0 Å². The lowest BCUT2D eigenvalue weighted by Gasteiger charge is -2.10. The molecule has 1 nitrogen and oxygen atoms in total. The standard InChI is InChI=1S/C13H8Br4O/c1-7-12(16)5-11(6-13(7)17)18-10-3-8(14)2-9(15)4-10/h2-6H,1H3. The Hall–Kier alpha value is 0.160. The van der Waals surface area contributed by atoms with Crippen LogP contribution in [-0.4, -0.2) is 0 Å². The van der Waals surface area contributed by atoms with Crippen LogP contribution in [0, 0.1) is 6.92 Å². The van der Waals surface area contributed by atoms with Crippen LogP contribution >= 0.6 is 63.7 Å². The zero-order valence-electron chi connectivity index (χ0n) is 9.31. The molecule has 18 heavy (non-hydrogen) atoms. The third-order valence-electron chi connectivity index (χ3n) is 2.33. The molecule has 0 heterocycles. The molecular formula is C13H8Br4O. The molecular weight excluding hydrogens is 492 g/mol. The Balaban J connectivity index is 2.34. The average Bonchev–Trinajstić information content (AvgIpc) is 2.24. The molecule has 0 atom stereocenters. The first-order valence-corrected chi connectivity index (χ1v) is 8.22. The molecule has 0 aliphatic heterocycles. The molecule has 0 spiro atoms. The first kappa shape index (κ1) is 14.6. The summed E-state index contributed by atoms with van der Waals surface area (Å²) in [4.78, 5) is 0. The van der Waals surface area contributed by atoms with E-state index in [9.17, 15) is 0 Å². The Morgan fingerprint density at radius 1 is 0.722 bits per heavy atom. The molecule has 0 fully saturated rings. The van der Waals surface area contributed by atoms with Gasteiger partial charge < -0.3 is 4.74 Å². The maximum Gasteiger partial charge on any atom is 0.129 e. The summed E-state index contributed by atoms with van der Waals surface area (Å²) in [6.45, 7) is 2.04. The van der Waals surface area contributed by atoms with Crippen molar-refractivity contribution in [2.75, 3.05) is 0 Å². The van der Waals surface area contributed by atoms with Gasteiger partial charge in [0.25, 0.3) is 0 Å². The molecule has 0 N–H and O–H groups in total. The lowest BCUT2D eigenvalue weighted by molar-refractivity contribution is 0.481. The van der Waals surface area contributed by atoms with Crippen molar-refractivity contribution in [2.45, 2.75) is 6.92 Å². The molecule has 0 aliphatic rings. The predicted octanol–water partition coefficient (Wildman–Crippen LogP) is 6.84. The lowest BCUT2D eigenvalue weighted by Crippen LogP contribution is -1.87. The second kappa shape index (κ2) is 6.07. The third kappa shape index (κ3) is 3.59. The molecule has 5 heteroatoms. The van der Waals surface area contributed by atoms with E-state index in [0.717, 1.165) is 35.0 Å². The van der Waals surface area contributed by atoms with Crippen molar-refractivity contribution >= 4 is 63.7 Å². The van der Waals surface area contributed by atoms with Crippen molar-refractivity contribution in [3.05, 3.63) is 53.8 Å². The van der Waals surface area contributed by atoms with Gasteiger partial charge in [-0.05, 0) is 42.8 Å². The van der Waals surface area contributed by atoms with Gasteiger partial charge in [0.05, 0.1) is 0 Å². The number of rotatable bonds is 2. The van der Waals surface area contributed by atoms with Crippen LogP contribution in [0.2, 0.25) is 0 Å². The molecule has 0 aliphatic carbocycles. The largest absolute Gasteiger partial charge is 0.457 e. The van der Waals surface area contributed by atoms with Gasteiger partial charge in [0, 0.05) is 17.9 Å². The smallest absolute Gasteiger partial charge is 0.129 e. The summed E-state index contributed by atoms with van der Waals surface area (Å²) in [6.07, 6.45) is 0. The summed E-state index contributed by atoms with van der Waals surface area (Å²) in [5.74, 6) is 1.56. The van der Waals surface area contributed by atoms with Gasteiger partial charge in [-0.15, -0.1) is 0 Å². The van der Waals surface area contributed by atoms with Crippen LogP contribution in [0.5, 0.6) is 11.5 Å². The van der Waals surface area contributed by atoms with E-state index in [1.165, 1.54) is 0 Å². The van der Waals surface area contributed by atoms with Crippen molar-refractivity contribution in [1.29, 1.82) is 0 Å². The van der Waals surface area contributed by atoms with Gasteiger partial charge in [-0.2, -0.15) is 0 Å². The van der Waals surface area contributed by atoms with Crippen molar-refractivity contribution in [3.63, 3.8) is 0 Å². The Kier molecular flexibility index (Phi) is 4.92. The van der Waals surface area contributed by atoms with Crippen LogP contribution in [0.1, 0.15) is 5.56 Å². The van der Waals surface area contributed by atoms with Crippen LogP contribution in [0.15, 0.2) is 48.2 Å². The predicted molar refractivity (Wildman–Crippen MR) is 88.5 cm³/mol. The van der Waals surface area contributed by atoms with E-state index >= 15 is 0 Å². The quantitative estimate of drug-likeness (QED) is 0.440. The molecule has 94 valence electrons. The fraction of sp³-hybridized carbons (Fsp3) is 0.0769. The lowest BCUT2D eigenvalue weighted by atomic mass is 10.2. The highest BCUT2D eigenvalue weighted by atomic mass is 79.9.